The minimum atomic E-state index is -0.737. The fourth-order valence-corrected chi connectivity index (χ4v) is 2.76. The Balaban J connectivity index is 2.36. The van der Waals surface area contributed by atoms with Crippen LogP contribution < -0.4 is 4.74 Å². The van der Waals surface area contributed by atoms with Crippen molar-refractivity contribution < 1.29 is 14.8 Å². The molecule has 0 saturated heterocycles. The lowest BCUT2D eigenvalue weighted by Crippen LogP contribution is -1.96. The Morgan fingerprint density at radius 2 is 2.05 bits per heavy atom. The summed E-state index contributed by atoms with van der Waals surface area (Å²) in [7, 11) is 1.57. The number of ether oxygens (including phenoxy) is 1. The lowest BCUT2D eigenvalue weighted by Gasteiger charge is -2.08. The summed E-state index contributed by atoms with van der Waals surface area (Å²) < 4.78 is 5.14. The van der Waals surface area contributed by atoms with Gasteiger partial charge in [0.1, 0.15) is 5.75 Å². The van der Waals surface area contributed by atoms with E-state index in [0.29, 0.717) is 16.2 Å². The average Bonchev–Trinajstić information content (AvgIpc) is 2.47. The Hall–Kier alpha value is -2.05. The van der Waals surface area contributed by atoms with E-state index in [-0.39, 0.29) is 5.69 Å². The molecule has 0 aliphatic heterocycles. The molecule has 0 spiro atoms. The van der Waals surface area contributed by atoms with Crippen LogP contribution in [0, 0.1) is 10.1 Å². The standard InChI is InChI=1S/C15H15NO4S/c1-10(17)11-6-7-15(14(8-11)16(18)19)21-13-5-3-4-12(9-13)20-2/h3-10,17H,1-2H3/t10-/m0/s1. The van der Waals surface area contributed by atoms with Gasteiger partial charge in [-0.2, -0.15) is 0 Å². The summed E-state index contributed by atoms with van der Waals surface area (Å²) in [5, 5.41) is 20.7. The number of nitrogens with zero attached hydrogens (tertiary/aromatic N) is 1. The molecule has 21 heavy (non-hydrogen) atoms. The van der Waals surface area contributed by atoms with Crippen LogP contribution in [0.25, 0.3) is 0 Å². The predicted molar refractivity (Wildman–Crippen MR) is 80.8 cm³/mol. The van der Waals surface area contributed by atoms with Crippen LogP contribution in [0.15, 0.2) is 52.3 Å². The molecule has 0 bridgehead atoms. The van der Waals surface area contributed by atoms with E-state index in [0.717, 1.165) is 4.90 Å². The van der Waals surface area contributed by atoms with Crippen LogP contribution >= 0.6 is 11.8 Å². The molecule has 0 radical (unpaired) electrons. The van der Waals surface area contributed by atoms with E-state index in [9.17, 15) is 15.2 Å². The Morgan fingerprint density at radius 3 is 2.67 bits per heavy atom. The molecule has 5 nitrogen and oxygen atoms in total. The zero-order valence-corrected chi connectivity index (χ0v) is 12.5. The first-order valence-electron chi connectivity index (χ1n) is 6.29. The maximum Gasteiger partial charge on any atom is 0.283 e. The highest BCUT2D eigenvalue weighted by Gasteiger charge is 2.17. The molecule has 1 N–H and O–H groups in total. The summed E-state index contributed by atoms with van der Waals surface area (Å²) in [6.45, 7) is 1.58. The van der Waals surface area contributed by atoms with E-state index in [4.69, 9.17) is 4.74 Å². The lowest BCUT2D eigenvalue weighted by molar-refractivity contribution is -0.387. The maximum absolute atomic E-state index is 11.2. The second-order valence-corrected chi connectivity index (χ2v) is 5.56. The highest BCUT2D eigenvalue weighted by molar-refractivity contribution is 7.99. The molecule has 0 unspecified atom stereocenters. The fraction of sp³-hybridized carbons (Fsp3) is 0.200. The fourth-order valence-electron chi connectivity index (χ4n) is 1.81. The first kappa shape index (κ1) is 15.3. The van der Waals surface area contributed by atoms with Gasteiger partial charge in [0.25, 0.3) is 5.69 Å². The highest BCUT2D eigenvalue weighted by Crippen LogP contribution is 2.37. The van der Waals surface area contributed by atoms with Crippen molar-refractivity contribution in [2.75, 3.05) is 7.11 Å². The number of rotatable bonds is 5. The zero-order chi connectivity index (χ0) is 15.4. The van der Waals surface area contributed by atoms with Crippen LogP contribution in [0.4, 0.5) is 5.69 Å². The van der Waals surface area contributed by atoms with Gasteiger partial charge in [0.2, 0.25) is 0 Å². The molecule has 2 rings (SSSR count). The number of nitro groups is 1. The number of aliphatic hydroxyl groups excluding tert-OH is 1. The van der Waals surface area contributed by atoms with Crippen molar-refractivity contribution in [2.24, 2.45) is 0 Å². The molecule has 0 aliphatic carbocycles. The molecule has 0 amide bonds. The third-order valence-electron chi connectivity index (χ3n) is 2.93. The van der Waals surface area contributed by atoms with E-state index in [1.807, 2.05) is 24.3 Å². The number of benzene rings is 2. The zero-order valence-electron chi connectivity index (χ0n) is 11.6. The van der Waals surface area contributed by atoms with Gasteiger partial charge in [0, 0.05) is 11.0 Å². The van der Waals surface area contributed by atoms with E-state index in [2.05, 4.69) is 0 Å². The number of hydrogen-bond acceptors (Lipinski definition) is 5. The summed E-state index contributed by atoms with van der Waals surface area (Å²) in [5.41, 5.74) is 0.512. The van der Waals surface area contributed by atoms with Crippen LogP contribution in [-0.2, 0) is 0 Å². The molecular formula is C15H15NO4S. The first-order valence-corrected chi connectivity index (χ1v) is 7.11. The third kappa shape index (κ3) is 3.74. The molecule has 2 aromatic carbocycles. The largest absolute Gasteiger partial charge is 0.497 e. The van der Waals surface area contributed by atoms with Crippen LogP contribution in [0.2, 0.25) is 0 Å². The minimum Gasteiger partial charge on any atom is -0.497 e. The Kier molecular flexibility index (Phi) is 4.82. The number of methoxy groups -OCH3 is 1. The van der Waals surface area contributed by atoms with Gasteiger partial charge in [0.05, 0.1) is 23.0 Å². The molecule has 6 heteroatoms. The van der Waals surface area contributed by atoms with Gasteiger partial charge in [-0.25, -0.2) is 0 Å². The van der Waals surface area contributed by atoms with E-state index in [1.165, 1.54) is 17.8 Å². The van der Waals surface area contributed by atoms with Crippen molar-refractivity contribution in [2.45, 2.75) is 22.8 Å². The van der Waals surface area contributed by atoms with Crippen molar-refractivity contribution in [3.8, 4) is 5.75 Å². The second kappa shape index (κ2) is 6.60. The van der Waals surface area contributed by atoms with Gasteiger partial charge in [-0.15, -0.1) is 0 Å². The second-order valence-electron chi connectivity index (χ2n) is 4.44. The molecule has 0 saturated carbocycles. The van der Waals surface area contributed by atoms with Gasteiger partial charge < -0.3 is 9.84 Å². The number of aliphatic hydroxyl groups is 1. The molecule has 2 aromatic rings. The maximum atomic E-state index is 11.2. The highest BCUT2D eigenvalue weighted by atomic mass is 32.2. The summed E-state index contributed by atoms with van der Waals surface area (Å²) in [6, 6.07) is 12.1. The van der Waals surface area contributed by atoms with Gasteiger partial charge in [-0.1, -0.05) is 23.9 Å². The molecule has 0 aliphatic rings. The first-order chi connectivity index (χ1) is 10.0. The molecule has 1 atom stereocenters. The average molecular weight is 305 g/mol. The third-order valence-corrected chi connectivity index (χ3v) is 3.99. The van der Waals surface area contributed by atoms with Crippen molar-refractivity contribution >= 4 is 17.4 Å². The van der Waals surface area contributed by atoms with Crippen molar-refractivity contribution in [3.63, 3.8) is 0 Å². The van der Waals surface area contributed by atoms with Gasteiger partial charge in [-0.05, 0) is 36.8 Å². The Labute approximate surface area is 126 Å². The van der Waals surface area contributed by atoms with Crippen LogP contribution in [0.5, 0.6) is 5.75 Å². The summed E-state index contributed by atoms with van der Waals surface area (Å²) in [5.74, 6) is 0.697. The van der Waals surface area contributed by atoms with E-state index in [1.54, 1.807) is 26.2 Å². The predicted octanol–water partition coefficient (Wildman–Crippen LogP) is 3.81. The quantitative estimate of drug-likeness (QED) is 0.671. The number of nitro benzene ring substituents is 1. The van der Waals surface area contributed by atoms with Crippen LogP contribution in [0.3, 0.4) is 0 Å². The molecule has 0 heterocycles. The normalized spacial score (nSPS) is 12.0. The van der Waals surface area contributed by atoms with Crippen molar-refractivity contribution in [1.29, 1.82) is 0 Å². The summed E-state index contributed by atoms with van der Waals surface area (Å²) in [4.78, 5) is 12.1. The van der Waals surface area contributed by atoms with Crippen LogP contribution in [-0.4, -0.2) is 17.1 Å². The number of hydrogen-bond donors (Lipinski definition) is 1. The van der Waals surface area contributed by atoms with Crippen molar-refractivity contribution in [1.82, 2.24) is 0 Å². The van der Waals surface area contributed by atoms with Gasteiger partial charge >= 0.3 is 0 Å². The molecular weight excluding hydrogens is 290 g/mol. The summed E-state index contributed by atoms with van der Waals surface area (Å²) in [6.07, 6.45) is -0.737. The minimum absolute atomic E-state index is 0.0128. The van der Waals surface area contributed by atoms with Crippen molar-refractivity contribution in [3.05, 3.63) is 58.1 Å². The SMILES string of the molecule is COc1cccc(Sc2ccc([C@H](C)O)cc2[N+](=O)[O-])c1. The van der Waals surface area contributed by atoms with Crippen LogP contribution in [0.1, 0.15) is 18.6 Å². The Bertz CT molecular complexity index is 658. The molecule has 0 aromatic heterocycles. The van der Waals surface area contributed by atoms with Gasteiger partial charge in [0.15, 0.2) is 0 Å². The van der Waals surface area contributed by atoms with E-state index < -0.39 is 11.0 Å². The van der Waals surface area contributed by atoms with Gasteiger partial charge in [-0.3, -0.25) is 10.1 Å². The topological polar surface area (TPSA) is 72.6 Å². The smallest absolute Gasteiger partial charge is 0.283 e. The molecule has 0 fully saturated rings. The lowest BCUT2D eigenvalue weighted by atomic mass is 10.1. The molecule has 110 valence electrons. The monoisotopic (exact) mass is 305 g/mol. The Morgan fingerprint density at radius 1 is 1.29 bits per heavy atom. The summed E-state index contributed by atoms with van der Waals surface area (Å²) >= 11 is 1.29. The van der Waals surface area contributed by atoms with E-state index >= 15 is 0 Å².